The van der Waals surface area contributed by atoms with Gasteiger partial charge in [-0.15, -0.1) is 0 Å². The molecule has 1 N–H and O–H groups in total. The lowest BCUT2D eigenvalue weighted by molar-refractivity contribution is 0.0610. The zero-order valence-corrected chi connectivity index (χ0v) is 27.7. The molecule has 2 aliphatic rings. The van der Waals surface area contributed by atoms with Crippen LogP contribution in [0.4, 0.5) is 0 Å². The molecule has 47 heavy (non-hydrogen) atoms. The molecule has 10 nitrogen and oxygen atoms in total. The summed E-state index contributed by atoms with van der Waals surface area (Å²) in [5.74, 6) is 0.0133. The maximum atomic E-state index is 14.2. The van der Waals surface area contributed by atoms with E-state index in [1.165, 1.54) is 4.57 Å². The molecule has 12 heteroatoms. The maximum Gasteiger partial charge on any atom is 0.333 e. The van der Waals surface area contributed by atoms with Crippen LogP contribution in [-0.4, -0.2) is 48.2 Å². The normalized spacial score (nSPS) is 15.6. The molecule has 238 valence electrons. The summed E-state index contributed by atoms with van der Waals surface area (Å²) >= 11 is 9.69. The molecule has 3 aromatic carbocycles. The van der Waals surface area contributed by atoms with Crippen molar-refractivity contribution in [3.8, 4) is 22.7 Å². The van der Waals surface area contributed by atoms with Crippen molar-refractivity contribution in [1.82, 2.24) is 29.5 Å². The van der Waals surface area contributed by atoms with Crippen molar-refractivity contribution in [3.05, 3.63) is 128 Å². The Morgan fingerprint density at radius 3 is 2.55 bits per heavy atom. The topological polar surface area (TPSA) is 111 Å². The van der Waals surface area contributed by atoms with Gasteiger partial charge in [-0.1, -0.05) is 35.9 Å². The summed E-state index contributed by atoms with van der Waals surface area (Å²) in [4.78, 5) is 43.7. The van der Waals surface area contributed by atoms with Crippen LogP contribution in [0.25, 0.3) is 16.9 Å². The number of halogens is 2. The monoisotopic (exact) mass is 712 g/mol. The molecule has 0 saturated heterocycles. The minimum absolute atomic E-state index is 0.0533. The highest BCUT2D eigenvalue weighted by Gasteiger charge is 2.35. The number of benzene rings is 3. The van der Waals surface area contributed by atoms with E-state index >= 15 is 0 Å². The molecule has 5 aromatic rings. The predicted octanol–water partition coefficient (Wildman–Crippen LogP) is 6.03. The van der Waals surface area contributed by atoms with E-state index in [1.54, 1.807) is 52.1 Å². The second-order valence-electron chi connectivity index (χ2n) is 11.7. The van der Waals surface area contributed by atoms with Gasteiger partial charge in [0, 0.05) is 40.9 Å². The van der Waals surface area contributed by atoms with Crippen LogP contribution in [0.3, 0.4) is 0 Å². The summed E-state index contributed by atoms with van der Waals surface area (Å²) in [6, 6.07) is 23.2. The smallest absolute Gasteiger partial charge is 0.333 e. The number of carbonyl (C=O) groups is 2. The Bertz CT molecular complexity index is 2040. The number of rotatable bonds is 8. The van der Waals surface area contributed by atoms with Gasteiger partial charge in [-0.05, 0) is 95.9 Å². The van der Waals surface area contributed by atoms with Gasteiger partial charge in [0.2, 0.25) is 0 Å². The molecule has 0 radical (unpaired) electrons. The number of nitrogens with one attached hydrogen (secondary N) is 1. The minimum atomic E-state index is -0.447. The van der Waals surface area contributed by atoms with Gasteiger partial charge in [0.15, 0.2) is 0 Å². The van der Waals surface area contributed by atoms with Gasteiger partial charge in [0.1, 0.15) is 11.4 Å². The summed E-state index contributed by atoms with van der Waals surface area (Å²) in [6.45, 7) is 2.33. The number of aromatic nitrogens is 4. The zero-order valence-electron chi connectivity index (χ0n) is 25.4. The van der Waals surface area contributed by atoms with Crippen LogP contribution in [0.15, 0.2) is 94.3 Å². The largest absolute Gasteiger partial charge is 0.490 e. The first-order valence-electron chi connectivity index (χ1n) is 15.3. The molecular formula is C35H30BrClN6O4. The van der Waals surface area contributed by atoms with Gasteiger partial charge in [-0.2, -0.15) is 10.2 Å². The van der Waals surface area contributed by atoms with Crippen molar-refractivity contribution < 1.29 is 14.3 Å². The Balaban J connectivity index is 1.26. The lowest BCUT2D eigenvalue weighted by atomic mass is 10.0. The maximum absolute atomic E-state index is 14.2. The first-order valence-corrected chi connectivity index (χ1v) is 16.5. The fourth-order valence-electron chi connectivity index (χ4n) is 5.84. The Morgan fingerprint density at radius 2 is 1.83 bits per heavy atom. The van der Waals surface area contributed by atoms with E-state index in [0.717, 1.165) is 24.0 Å². The Labute approximate surface area is 284 Å². The van der Waals surface area contributed by atoms with E-state index in [1.807, 2.05) is 49.4 Å². The van der Waals surface area contributed by atoms with Crippen LogP contribution < -0.4 is 15.7 Å². The van der Waals surface area contributed by atoms with E-state index in [-0.39, 0.29) is 49.1 Å². The number of amides is 2. The molecule has 3 heterocycles. The van der Waals surface area contributed by atoms with Crippen molar-refractivity contribution in [1.29, 1.82) is 0 Å². The van der Waals surface area contributed by atoms with Crippen molar-refractivity contribution in [3.63, 3.8) is 0 Å². The average Bonchev–Trinajstić information content (AvgIpc) is 3.87. The van der Waals surface area contributed by atoms with E-state index < -0.39 is 5.91 Å². The predicted molar refractivity (Wildman–Crippen MR) is 181 cm³/mol. The third-order valence-corrected chi connectivity index (χ3v) is 9.65. The van der Waals surface area contributed by atoms with Crippen molar-refractivity contribution in [2.45, 2.75) is 51.5 Å². The number of nitrogens with zero attached hydrogens (tertiary/aromatic N) is 5. The lowest BCUT2D eigenvalue weighted by Crippen LogP contribution is -2.47. The Morgan fingerprint density at radius 1 is 1.04 bits per heavy atom. The molecule has 2 aromatic heterocycles. The number of carbonyl (C=O) groups excluding carboxylic acids is 2. The summed E-state index contributed by atoms with van der Waals surface area (Å²) in [7, 11) is 0. The fraction of sp³-hybridized carbons (Fsp3) is 0.229. The number of hydrogen-bond acceptors (Lipinski definition) is 6. The van der Waals surface area contributed by atoms with Gasteiger partial charge in [-0.3, -0.25) is 18.7 Å². The van der Waals surface area contributed by atoms with Crippen LogP contribution in [0.2, 0.25) is 5.02 Å². The van der Waals surface area contributed by atoms with Crippen LogP contribution in [0.1, 0.15) is 51.9 Å². The number of fused-ring (bicyclic) bond motifs is 1. The van der Waals surface area contributed by atoms with E-state index in [0.29, 0.717) is 37.9 Å². The van der Waals surface area contributed by atoms with Crippen molar-refractivity contribution in [2.75, 3.05) is 0 Å². The second-order valence-corrected chi connectivity index (χ2v) is 13.0. The highest BCUT2D eigenvalue weighted by atomic mass is 79.9. The van der Waals surface area contributed by atoms with Crippen LogP contribution in [0, 0.1) is 0 Å². The average molecular weight is 714 g/mol. The fourth-order valence-corrected chi connectivity index (χ4v) is 6.26. The molecule has 0 spiro atoms. The standard InChI is InChI=1S/C35H30BrClN6O4/c1-21-19-42-31(20-41(21)34(45)22-8-15-28(36)29(37)17-22)32(43(35(42)46)24-9-11-25(12-10-24)47-26-13-14-26)33(44)38-18-23-5-2-3-6-27(23)30-7-4-16-39-40-30/h2-12,15-17,21,26H,13-14,18-20H2,1H3,(H,38,44)/t21-/m0/s1. The molecule has 1 saturated carbocycles. The van der Waals surface area contributed by atoms with Crippen molar-refractivity contribution >= 4 is 39.3 Å². The van der Waals surface area contributed by atoms with Gasteiger partial charge < -0.3 is 15.0 Å². The number of ether oxygens (including phenoxy) is 1. The molecule has 2 amide bonds. The summed E-state index contributed by atoms with van der Waals surface area (Å²) in [5.41, 5.74) is 3.55. The number of imidazole rings is 1. The molecule has 0 unspecified atom stereocenters. The first kappa shape index (κ1) is 30.9. The van der Waals surface area contributed by atoms with Crippen LogP contribution >= 0.6 is 27.5 Å². The zero-order chi connectivity index (χ0) is 32.7. The Kier molecular flexibility index (Phi) is 8.42. The van der Waals surface area contributed by atoms with Crippen LogP contribution in [-0.2, 0) is 19.6 Å². The summed E-state index contributed by atoms with van der Waals surface area (Å²) in [6.07, 6.45) is 3.88. The molecule has 1 fully saturated rings. The SMILES string of the molecule is C[C@H]1Cn2c(c(C(=O)NCc3ccccc3-c3cccnn3)n(-c3ccc(OC4CC4)cc3)c2=O)CN1C(=O)c1ccc(Br)c(Cl)c1. The van der Waals surface area contributed by atoms with E-state index in [9.17, 15) is 14.4 Å². The summed E-state index contributed by atoms with van der Waals surface area (Å²) in [5, 5.41) is 11.7. The molecule has 1 aliphatic carbocycles. The van der Waals surface area contributed by atoms with Gasteiger partial charge >= 0.3 is 5.69 Å². The van der Waals surface area contributed by atoms with E-state index in [2.05, 4.69) is 31.4 Å². The van der Waals surface area contributed by atoms with Gasteiger partial charge in [0.05, 0.1) is 34.7 Å². The van der Waals surface area contributed by atoms with Crippen LogP contribution in [0.5, 0.6) is 5.75 Å². The molecule has 1 aliphatic heterocycles. The highest BCUT2D eigenvalue weighted by Crippen LogP contribution is 2.30. The lowest BCUT2D eigenvalue weighted by Gasteiger charge is -2.34. The highest BCUT2D eigenvalue weighted by molar-refractivity contribution is 9.10. The van der Waals surface area contributed by atoms with E-state index in [4.69, 9.17) is 16.3 Å². The second kappa shape index (κ2) is 12.8. The van der Waals surface area contributed by atoms with Gasteiger partial charge in [-0.25, -0.2) is 4.79 Å². The molecule has 1 atom stereocenters. The first-order chi connectivity index (χ1) is 22.8. The molecular weight excluding hydrogens is 684 g/mol. The summed E-state index contributed by atoms with van der Waals surface area (Å²) < 4.78 is 9.62. The van der Waals surface area contributed by atoms with Crippen molar-refractivity contribution in [2.24, 2.45) is 0 Å². The quantitative estimate of drug-likeness (QED) is 0.210. The Hall–Kier alpha value is -4.74. The minimum Gasteiger partial charge on any atom is -0.490 e. The third-order valence-electron chi connectivity index (χ3n) is 8.41. The number of hydrogen-bond donors (Lipinski definition) is 1. The molecule has 0 bridgehead atoms. The van der Waals surface area contributed by atoms with Gasteiger partial charge in [0.25, 0.3) is 11.8 Å². The third kappa shape index (κ3) is 6.20. The molecule has 7 rings (SSSR count).